The minimum Gasteiger partial charge on any atom is -0.478 e. The monoisotopic (exact) mass is 224 g/mol. The summed E-state index contributed by atoms with van der Waals surface area (Å²) < 4.78 is 4.85. The number of carboxylic acids is 1. The van der Waals surface area contributed by atoms with Gasteiger partial charge in [-0.15, -0.1) is 0 Å². The molecule has 2 rings (SSSR count). The molecular weight excluding hydrogens is 216 g/mol. The summed E-state index contributed by atoms with van der Waals surface area (Å²) in [6.07, 6.45) is 0.150. The van der Waals surface area contributed by atoms with Gasteiger partial charge in [-0.1, -0.05) is 5.11 Å². The molecular formula is C8H8N4O4. The Labute approximate surface area is 89.5 Å². The molecule has 1 heterocycles. The van der Waals surface area contributed by atoms with Crippen LogP contribution in [0.1, 0.15) is 6.42 Å². The average Bonchev–Trinajstić information content (AvgIpc) is 2.58. The lowest BCUT2D eigenvalue weighted by atomic mass is 9.89. The van der Waals surface area contributed by atoms with Crippen LogP contribution in [0.3, 0.4) is 0 Å². The number of hydrogen-bond donors (Lipinski definition) is 2. The van der Waals surface area contributed by atoms with Gasteiger partial charge in [-0.3, -0.25) is 0 Å². The van der Waals surface area contributed by atoms with Crippen molar-refractivity contribution >= 4 is 12.1 Å². The first-order valence-electron chi connectivity index (χ1n) is 4.57. The summed E-state index contributed by atoms with van der Waals surface area (Å²) >= 11 is 0. The second-order valence-corrected chi connectivity index (χ2v) is 3.51. The zero-order valence-electron chi connectivity index (χ0n) is 8.03. The molecule has 0 aromatic carbocycles. The van der Waals surface area contributed by atoms with E-state index < -0.39 is 30.3 Å². The molecule has 3 atom stereocenters. The maximum absolute atomic E-state index is 11.0. The predicted octanol–water partition coefficient (Wildman–Crippen LogP) is 0.557. The van der Waals surface area contributed by atoms with Crippen LogP contribution in [0.25, 0.3) is 10.4 Å². The number of carbonyl (C=O) groups excluding carboxylic acids is 1. The Morgan fingerprint density at radius 3 is 3.12 bits per heavy atom. The lowest BCUT2D eigenvalue weighted by Crippen LogP contribution is -2.44. The summed E-state index contributed by atoms with van der Waals surface area (Å²) in [5.74, 6) is -1.10. The van der Waals surface area contributed by atoms with Crippen molar-refractivity contribution in [2.75, 3.05) is 0 Å². The van der Waals surface area contributed by atoms with Gasteiger partial charge in [0.1, 0.15) is 6.10 Å². The Bertz CT molecular complexity index is 426. The highest BCUT2D eigenvalue weighted by Crippen LogP contribution is 2.27. The topological polar surface area (TPSA) is 124 Å². The molecule has 1 amide bonds. The molecule has 2 N–H and O–H groups in total. The van der Waals surface area contributed by atoms with Gasteiger partial charge in [0.25, 0.3) is 0 Å². The van der Waals surface area contributed by atoms with Gasteiger partial charge in [0, 0.05) is 10.5 Å². The molecule has 1 aliphatic carbocycles. The van der Waals surface area contributed by atoms with Crippen LogP contribution in [-0.4, -0.2) is 35.4 Å². The number of azide groups is 1. The van der Waals surface area contributed by atoms with Gasteiger partial charge in [0.15, 0.2) is 0 Å². The van der Waals surface area contributed by atoms with E-state index in [2.05, 4.69) is 15.3 Å². The van der Waals surface area contributed by atoms with Crippen molar-refractivity contribution in [1.82, 2.24) is 5.32 Å². The van der Waals surface area contributed by atoms with Crippen LogP contribution in [-0.2, 0) is 9.53 Å². The summed E-state index contributed by atoms with van der Waals surface area (Å²) in [6.45, 7) is 0. The molecule has 0 bridgehead atoms. The number of carboxylic acid groups (broad SMARTS) is 1. The molecule has 0 radical (unpaired) electrons. The fourth-order valence-electron chi connectivity index (χ4n) is 1.86. The molecule has 0 aromatic heterocycles. The smallest absolute Gasteiger partial charge is 0.408 e. The first-order chi connectivity index (χ1) is 7.61. The van der Waals surface area contributed by atoms with E-state index in [9.17, 15) is 9.59 Å². The summed E-state index contributed by atoms with van der Waals surface area (Å²) in [5, 5.41) is 14.8. The summed E-state index contributed by atoms with van der Waals surface area (Å²) in [6, 6.07) is -1.11. The van der Waals surface area contributed by atoms with Crippen LogP contribution in [0.5, 0.6) is 0 Å². The van der Waals surface area contributed by atoms with Crippen molar-refractivity contribution in [2.24, 2.45) is 5.11 Å². The largest absolute Gasteiger partial charge is 0.478 e. The van der Waals surface area contributed by atoms with Crippen molar-refractivity contribution in [1.29, 1.82) is 0 Å². The summed E-state index contributed by atoms with van der Waals surface area (Å²) in [7, 11) is 0. The summed E-state index contributed by atoms with van der Waals surface area (Å²) in [5.41, 5.74) is 8.46. The van der Waals surface area contributed by atoms with Crippen LogP contribution in [0, 0.1) is 0 Å². The Hall–Kier alpha value is -2.21. The van der Waals surface area contributed by atoms with Gasteiger partial charge in [0.05, 0.1) is 12.1 Å². The van der Waals surface area contributed by atoms with E-state index in [4.69, 9.17) is 15.4 Å². The maximum atomic E-state index is 11.0. The number of nitrogens with zero attached hydrogens (tertiary/aromatic N) is 3. The molecule has 1 aliphatic heterocycles. The minimum absolute atomic E-state index is 0.0875. The molecule has 16 heavy (non-hydrogen) atoms. The Morgan fingerprint density at radius 1 is 1.75 bits per heavy atom. The van der Waals surface area contributed by atoms with Crippen LogP contribution < -0.4 is 5.32 Å². The zero-order valence-corrected chi connectivity index (χ0v) is 8.03. The third kappa shape index (κ3) is 1.66. The number of rotatable bonds is 2. The number of alkyl carbamates (subject to hydrolysis) is 1. The Balaban J connectivity index is 2.31. The van der Waals surface area contributed by atoms with E-state index >= 15 is 0 Å². The maximum Gasteiger partial charge on any atom is 0.408 e. The molecule has 0 unspecified atom stereocenters. The molecule has 0 spiro atoms. The molecule has 8 nitrogen and oxygen atoms in total. The van der Waals surface area contributed by atoms with E-state index in [-0.39, 0.29) is 12.0 Å². The standard InChI is InChI=1S/C8H8N4O4/c9-12-11-4-1-3(7(13)14)2-5-6(4)10-8(15)16-5/h2,4-6H,1H2,(H,10,15)(H,13,14)/t4-,5-,6+/m0/s1. The number of amides is 1. The van der Waals surface area contributed by atoms with Crippen molar-refractivity contribution in [3.8, 4) is 0 Å². The number of ether oxygens (including phenoxy) is 1. The Kier molecular flexibility index (Phi) is 2.41. The normalized spacial score (nSPS) is 31.6. The minimum atomic E-state index is -1.10. The SMILES string of the molecule is [N-]=[N+]=N[C@H]1CC(C(=O)O)=C[C@@H]2OC(=O)N[C@H]12. The molecule has 84 valence electrons. The van der Waals surface area contributed by atoms with Gasteiger partial charge in [-0.2, -0.15) is 0 Å². The highest BCUT2D eigenvalue weighted by atomic mass is 16.6. The molecule has 8 heteroatoms. The average molecular weight is 224 g/mol. The second-order valence-electron chi connectivity index (χ2n) is 3.51. The predicted molar refractivity (Wildman–Crippen MR) is 50.5 cm³/mol. The van der Waals surface area contributed by atoms with E-state index in [0.29, 0.717) is 0 Å². The molecule has 0 saturated carbocycles. The van der Waals surface area contributed by atoms with E-state index in [1.54, 1.807) is 0 Å². The van der Waals surface area contributed by atoms with E-state index in [1.165, 1.54) is 6.08 Å². The number of aliphatic carboxylic acids is 1. The molecule has 2 aliphatic rings. The number of nitrogens with one attached hydrogen (secondary N) is 1. The van der Waals surface area contributed by atoms with Crippen molar-refractivity contribution in [3.05, 3.63) is 22.1 Å². The third-order valence-electron chi connectivity index (χ3n) is 2.57. The number of fused-ring (bicyclic) bond motifs is 1. The van der Waals surface area contributed by atoms with Gasteiger partial charge >= 0.3 is 12.1 Å². The molecule has 1 saturated heterocycles. The number of carbonyl (C=O) groups is 2. The number of hydrogen-bond acceptors (Lipinski definition) is 4. The van der Waals surface area contributed by atoms with Gasteiger partial charge in [-0.25, -0.2) is 9.59 Å². The van der Waals surface area contributed by atoms with Gasteiger partial charge < -0.3 is 15.2 Å². The molecule has 0 aromatic rings. The first-order valence-corrected chi connectivity index (χ1v) is 4.57. The highest BCUT2D eigenvalue weighted by Gasteiger charge is 2.42. The second kappa shape index (κ2) is 3.74. The van der Waals surface area contributed by atoms with Gasteiger partial charge in [-0.05, 0) is 18.0 Å². The highest BCUT2D eigenvalue weighted by molar-refractivity contribution is 5.87. The fraction of sp³-hybridized carbons (Fsp3) is 0.500. The fourth-order valence-corrected chi connectivity index (χ4v) is 1.86. The summed E-state index contributed by atoms with van der Waals surface area (Å²) in [4.78, 5) is 24.4. The Morgan fingerprint density at radius 2 is 2.50 bits per heavy atom. The van der Waals surface area contributed by atoms with Crippen LogP contribution in [0.4, 0.5) is 4.79 Å². The van der Waals surface area contributed by atoms with Gasteiger partial charge in [0.2, 0.25) is 0 Å². The van der Waals surface area contributed by atoms with Crippen molar-refractivity contribution < 1.29 is 19.4 Å². The van der Waals surface area contributed by atoms with E-state index in [1.807, 2.05) is 0 Å². The quantitative estimate of drug-likeness (QED) is 0.403. The third-order valence-corrected chi connectivity index (χ3v) is 2.57. The lowest BCUT2D eigenvalue weighted by molar-refractivity contribution is -0.133. The lowest BCUT2D eigenvalue weighted by Gasteiger charge is -2.25. The van der Waals surface area contributed by atoms with Crippen LogP contribution >= 0.6 is 0 Å². The van der Waals surface area contributed by atoms with Crippen molar-refractivity contribution in [3.63, 3.8) is 0 Å². The van der Waals surface area contributed by atoms with Crippen molar-refractivity contribution in [2.45, 2.75) is 24.6 Å². The zero-order chi connectivity index (χ0) is 11.7. The molecule has 1 fully saturated rings. The van der Waals surface area contributed by atoms with E-state index in [0.717, 1.165) is 0 Å². The van der Waals surface area contributed by atoms with Crippen LogP contribution in [0.2, 0.25) is 0 Å². The van der Waals surface area contributed by atoms with Crippen LogP contribution in [0.15, 0.2) is 16.8 Å². The first kappa shape index (κ1) is 10.3.